The van der Waals surface area contributed by atoms with E-state index in [0.29, 0.717) is 0 Å². The van der Waals surface area contributed by atoms with E-state index in [9.17, 15) is 13.6 Å². The second-order valence-corrected chi connectivity index (χ2v) is 4.31. The standard InChI is InChI=1S/C15H12F2O3/c1-9-5-6-12(16)13(7-9)20-8-10-3-2-4-11(14(10)17)15(18)19/h2-7H,8H2,1H3,(H,18,19). The van der Waals surface area contributed by atoms with Gasteiger partial charge in [-0.05, 0) is 30.7 Å². The molecule has 0 atom stereocenters. The van der Waals surface area contributed by atoms with Crippen molar-refractivity contribution in [3.8, 4) is 5.75 Å². The van der Waals surface area contributed by atoms with Crippen molar-refractivity contribution in [1.29, 1.82) is 0 Å². The predicted octanol–water partition coefficient (Wildman–Crippen LogP) is 3.55. The molecule has 0 bridgehead atoms. The number of ether oxygens (including phenoxy) is 1. The first kappa shape index (κ1) is 14.0. The van der Waals surface area contributed by atoms with Gasteiger partial charge in [0.1, 0.15) is 12.4 Å². The second kappa shape index (κ2) is 5.69. The van der Waals surface area contributed by atoms with Crippen molar-refractivity contribution in [2.45, 2.75) is 13.5 Å². The average molecular weight is 278 g/mol. The van der Waals surface area contributed by atoms with E-state index in [1.807, 2.05) is 0 Å². The molecule has 0 aliphatic rings. The van der Waals surface area contributed by atoms with Gasteiger partial charge in [-0.2, -0.15) is 0 Å². The van der Waals surface area contributed by atoms with Crippen LogP contribution >= 0.6 is 0 Å². The van der Waals surface area contributed by atoms with Gasteiger partial charge in [-0.1, -0.05) is 18.2 Å². The Balaban J connectivity index is 2.21. The van der Waals surface area contributed by atoms with E-state index in [1.54, 1.807) is 13.0 Å². The quantitative estimate of drug-likeness (QED) is 0.930. The Labute approximate surface area is 114 Å². The molecule has 2 rings (SSSR count). The Morgan fingerprint density at radius 1 is 1.25 bits per heavy atom. The Kier molecular flexibility index (Phi) is 3.98. The van der Waals surface area contributed by atoms with Crippen LogP contribution in [0.1, 0.15) is 21.5 Å². The Morgan fingerprint density at radius 2 is 2.00 bits per heavy atom. The molecule has 0 saturated heterocycles. The maximum absolute atomic E-state index is 13.9. The molecule has 2 aromatic rings. The van der Waals surface area contributed by atoms with Crippen molar-refractivity contribution in [3.05, 3.63) is 64.7 Å². The lowest BCUT2D eigenvalue weighted by atomic mass is 10.1. The summed E-state index contributed by atoms with van der Waals surface area (Å²) in [5.41, 5.74) is 0.433. The number of carboxylic acids is 1. The molecule has 2 aromatic carbocycles. The minimum absolute atomic E-state index is 0.00475. The minimum Gasteiger partial charge on any atom is -0.486 e. The number of hydrogen-bond acceptors (Lipinski definition) is 2. The van der Waals surface area contributed by atoms with Crippen LogP contribution in [0.2, 0.25) is 0 Å². The summed E-state index contributed by atoms with van der Waals surface area (Å²) in [5.74, 6) is -2.77. The van der Waals surface area contributed by atoms with Gasteiger partial charge in [-0.25, -0.2) is 13.6 Å². The monoisotopic (exact) mass is 278 g/mol. The van der Waals surface area contributed by atoms with Crippen LogP contribution in [0.25, 0.3) is 0 Å². The van der Waals surface area contributed by atoms with Crippen molar-refractivity contribution in [2.24, 2.45) is 0 Å². The van der Waals surface area contributed by atoms with E-state index in [2.05, 4.69) is 0 Å². The van der Waals surface area contributed by atoms with Gasteiger partial charge in [-0.3, -0.25) is 0 Å². The number of aromatic carboxylic acids is 1. The van der Waals surface area contributed by atoms with Crippen LogP contribution in [0.3, 0.4) is 0 Å². The van der Waals surface area contributed by atoms with Gasteiger partial charge in [0.25, 0.3) is 0 Å². The zero-order chi connectivity index (χ0) is 14.7. The van der Waals surface area contributed by atoms with E-state index >= 15 is 0 Å². The normalized spacial score (nSPS) is 10.3. The molecule has 0 fully saturated rings. The largest absolute Gasteiger partial charge is 0.486 e. The molecular formula is C15H12F2O3. The van der Waals surface area contributed by atoms with Crippen molar-refractivity contribution in [2.75, 3.05) is 0 Å². The summed E-state index contributed by atoms with van der Waals surface area (Å²) in [4.78, 5) is 10.8. The SMILES string of the molecule is Cc1ccc(F)c(OCc2cccc(C(=O)O)c2F)c1. The molecular weight excluding hydrogens is 266 g/mol. The lowest BCUT2D eigenvalue weighted by molar-refractivity contribution is 0.0691. The summed E-state index contributed by atoms with van der Waals surface area (Å²) in [6.07, 6.45) is 0. The molecule has 0 aliphatic heterocycles. The second-order valence-electron chi connectivity index (χ2n) is 4.31. The van der Waals surface area contributed by atoms with E-state index in [-0.39, 0.29) is 17.9 Å². The summed E-state index contributed by atoms with van der Waals surface area (Å²) in [6, 6.07) is 8.32. The van der Waals surface area contributed by atoms with Crippen LogP contribution in [0, 0.1) is 18.6 Å². The number of benzene rings is 2. The molecule has 0 heterocycles. The van der Waals surface area contributed by atoms with Crippen LogP contribution in [0.15, 0.2) is 36.4 Å². The van der Waals surface area contributed by atoms with Crippen LogP contribution in [0.5, 0.6) is 5.75 Å². The van der Waals surface area contributed by atoms with E-state index in [1.165, 1.54) is 24.3 Å². The van der Waals surface area contributed by atoms with E-state index < -0.39 is 23.2 Å². The summed E-state index contributed by atoms with van der Waals surface area (Å²) in [6.45, 7) is 1.53. The molecule has 0 amide bonds. The molecule has 3 nitrogen and oxygen atoms in total. The first-order chi connectivity index (χ1) is 9.49. The third kappa shape index (κ3) is 2.93. The van der Waals surface area contributed by atoms with Crippen molar-refractivity contribution in [3.63, 3.8) is 0 Å². The zero-order valence-electron chi connectivity index (χ0n) is 10.7. The molecule has 104 valence electrons. The third-order valence-electron chi connectivity index (χ3n) is 2.78. The minimum atomic E-state index is -1.36. The molecule has 1 N–H and O–H groups in total. The average Bonchev–Trinajstić information content (AvgIpc) is 2.41. The Morgan fingerprint density at radius 3 is 2.70 bits per heavy atom. The molecule has 5 heteroatoms. The lowest BCUT2D eigenvalue weighted by Gasteiger charge is -2.09. The van der Waals surface area contributed by atoms with Crippen LogP contribution < -0.4 is 4.74 Å². The van der Waals surface area contributed by atoms with Crippen LogP contribution in [0.4, 0.5) is 8.78 Å². The highest BCUT2D eigenvalue weighted by Gasteiger charge is 2.14. The lowest BCUT2D eigenvalue weighted by Crippen LogP contribution is -2.06. The number of carbonyl (C=O) groups is 1. The number of hydrogen-bond donors (Lipinski definition) is 1. The van der Waals surface area contributed by atoms with Gasteiger partial charge in [0.15, 0.2) is 11.6 Å². The van der Waals surface area contributed by atoms with Gasteiger partial charge in [0.05, 0.1) is 5.56 Å². The summed E-state index contributed by atoms with van der Waals surface area (Å²) >= 11 is 0. The fourth-order valence-corrected chi connectivity index (χ4v) is 1.73. The van der Waals surface area contributed by atoms with Crippen LogP contribution in [-0.4, -0.2) is 11.1 Å². The van der Waals surface area contributed by atoms with E-state index in [4.69, 9.17) is 9.84 Å². The molecule has 0 unspecified atom stereocenters. The van der Waals surface area contributed by atoms with Gasteiger partial charge in [0.2, 0.25) is 0 Å². The topological polar surface area (TPSA) is 46.5 Å². The van der Waals surface area contributed by atoms with Gasteiger partial charge >= 0.3 is 5.97 Å². The number of rotatable bonds is 4. The first-order valence-electron chi connectivity index (χ1n) is 5.88. The van der Waals surface area contributed by atoms with Crippen molar-refractivity contribution < 1.29 is 23.4 Å². The molecule has 20 heavy (non-hydrogen) atoms. The number of aryl methyl sites for hydroxylation is 1. The maximum Gasteiger partial charge on any atom is 0.338 e. The predicted molar refractivity (Wildman–Crippen MR) is 68.8 cm³/mol. The van der Waals surface area contributed by atoms with Crippen LogP contribution in [-0.2, 0) is 6.61 Å². The highest BCUT2D eigenvalue weighted by Crippen LogP contribution is 2.21. The molecule has 0 saturated carbocycles. The van der Waals surface area contributed by atoms with Gasteiger partial charge < -0.3 is 9.84 Å². The summed E-state index contributed by atoms with van der Waals surface area (Å²) in [5, 5.41) is 8.82. The van der Waals surface area contributed by atoms with E-state index in [0.717, 1.165) is 11.6 Å². The number of carboxylic acid groups (broad SMARTS) is 1. The molecule has 0 spiro atoms. The molecule has 0 radical (unpaired) electrons. The highest BCUT2D eigenvalue weighted by molar-refractivity contribution is 5.88. The maximum atomic E-state index is 13.9. The zero-order valence-corrected chi connectivity index (χ0v) is 10.7. The highest BCUT2D eigenvalue weighted by atomic mass is 19.1. The van der Waals surface area contributed by atoms with Gasteiger partial charge in [0, 0.05) is 5.56 Å². The van der Waals surface area contributed by atoms with Crippen molar-refractivity contribution in [1.82, 2.24) is 0 Å². The third-order valence-corrected chi connectivity index (χ3v) is 2.78. The first-order valence-corrected chi connectivity index (χ1v) is 5.88. The summed E-state index contributed by atoms with van der Waals surface area (Å²) in [7, 11) is 0. The Hall–Kier alpha value is -2.43. The molecule has 0 aliphatic carbocycles. The fraction of sp³-hybridized carbons (Fsp3) is 0.133. The molecule has 0 aromatic heterocycles. The summed E-state index contributed by atoms with van der Waals surface area (Å²) < 4.78 is 32.5. The Bertz CT molecular complexity index is 654. The number of halogens is 2. The van der Waals surface area contributed by atoms with Gasteiger partial charge in [-0.15, -0.1) is 0 Å². The van der Waals surface area contributed by atoms with Crippen molar-refractivity contribution >= 4 is 5.97 Å². The fourth-order valence-electron chi connectivity index (χ4n) is 1.73. The smallest absolute Gasteiger partial charge is 0.338 e.